The van der Waals surface area contributed by atoms with Crippen LogP contribution < -0.4 is 15.6 Å². The molecule has 1 atom stereocenters. The van der Waals surface area contributed by atoms with Gasteiger partial charge in [0.25, 0.3) is 5.91 Å². The summed E-state index contributed by atoms with van der Waals surface area (Å²) in [4.78, 5) is 21.0. The van der Waals surface area contributed by atoms with Crippen molar-refractivity contribution in [3.63, 3.8) is 0 Å². The molecule has 0 radical (unpaired) electrons. The Morgan fingerprint density at radius 3 is 2.51 bits per heavy atom. The van der Waals surface area contributed by atoms with Crippen molar-refractivity contribution in [1.29, 1.82) is 0 Å². The number of halogens is 3. The van der Waals surface area contributed by atoms with Gasteiger partial charge in [-0.3, -0.25) is 10.2 Å². The average Bonchev–Trinajstić information content (AvgIpc) is 3.40. The Balaban J connectivity index is 1.58. The number of aliphatic imine (C=N–C) groups is 1. The molecule has 1 amide bonds. The van der Waals surface area contributed by atoms with Crippen molar-refractivity contribution in [1.82, 2.24) is 10.9 Å². The lowest BCUT2D eigenvalue weighted by Gasteiger charge is -2.24. The van der Waals surface area contributed by atoms with Gasteiger partial charge in [0.15, 0.2) is 5.54 Å². The van der Waals surface area contributed by atoms with Crippen molar-refractivity contribution in [2.75, 3.05) is 19.8 Å². The maximum Gasteiger partial charge on any atom is 0.416 e. The lowest BCUT2D eigenvalue weighted by molar-refractivity contribution is -0.138. The number of azide groups is 1. The van der Waals surface area contributed by atoms with Gasteiger partial charge in [-0.1, -0.05) is 47.6 Å². The van der Waals surface area contributed by atoms with E-state index in [1.165, 1.54) is 18.2 Å². The van der Waals surface area contributed by atoms with Crippen LogP contribution in [0.15, 0.2) is 82.9 Å². The van der Waals surface area contributed by atoms with E-state index in [0.29, 0.717) is 35.6 Å². The van der Waals surface area contributed by atoms with Crippen LogP contribution in [0.4, 0.5) is 18.9 Å². The maximum absolute atomic E-state index is 13.6. The molecule has 0 saturated heterocycles. The predicted octanol–water partition coefficient (Wildman–Crippen LogP) is 4.99. The van der Waals surface area contributed by atoms with Gasteiger partial charge in [-0.2, -0.15) is 13.2 Å². The van der Waals surface area contributed by atoms with Crippen molar-refractivity contribution >= 4 is 17.5 Å². The lowest BCUT2D eigenvalue weighted by atomic mass is 9.91. The minimum atomic E-state index is -4.55. The van der Waals surface area contributed by atoms with Crippen LogP contribution >= 0.6 is 0 Å². The molecule has 3 aromatic carbocycles. The van der Waals surface area contributed by atoms with Crippen LogP contribution in [0.1, 0.15) is 28.7 Å². The Labute approximate surface area is 233 Å². The Bertz CT molecular complexity index is 1440. The Morgan fingerprint density at radius 1 is 1.10 bits per heavy atom. The van der Waals surface area contributed by atoms with Gasteiger partial charge in [-0.25, -0.2) is 10.4 Å². The van der Waals surface area contributed by atoms with E-state index in [4.69, 9.17) is 20.1 Å². The van der Waals surface area contributed by atoms with Crippen LogP contribution in [0.2, 0.25) is 0 Å². The number of carbonyl (C=O) groups is 1. The first kappa shape index (κ1) is 29.4. The second-order valence-electron chi connectivity index (χ2n) is 9.14. The van der Waals surface area contributed by atoms with Crippen molar-refractivity contribution in [2.24, 2.45) is 10.1 Å². The minimum Gasteiger partial charge on any atom is -0.494 e. The number of rotatable bonds is 12. The smallest absolute Gasteiger partial charge is 0.416 e. The highest BCUT2D eigenvalue weighted by Gasteiger charge is 2.45. The number of amides is 1. The Kier molecular flexibility index (Phi) is 9.45. The van der Waals surface area contributed by atoms with E-state index in [1.807, 2.05) is 0 Å². The van der Waals surface area contributed by atoms with Crippen molar-refractivity contribution in [3.05, 3.63) is 105 Å². The minimum absolute atomic E-state index is 0.0132. The van der Waals surface area contributed by atoms with Crippen LogP contribution in [0.25, 0.3) is 10.4 Å². The van der Waals surface area contributed by atoms with Crippen LogP contribution in [0.3, 0.4) is 0 Å². The molecule has 214 valence electrons. The van der Waals surface area contributed by atoms with E-state index in [0.717, 1.165) is 6.07 Å². The van der Waals surface area contributed by atoms with E-state index >= 15 is 0 Å². The second kappa shape index (κ2) is 13.2. The maximum atomic E-state index is 13.6. The summed E-state index contributed by atoms with van der Waals surface area (Å²) in [5.74, 6) is 0.124. The molecule has 1 aliphatic heterocycles. The third-order valence-electron chi connectivity index (χ3n) is 6.29. The Morgan fingerprint density at radius 2 is 1.80 bits per heavy atom. The molecule has 0 unspecified atom stereocenters. The number of nitrogens with one attached hydrogen (secondary N) is 2. The zero-order valence-corrected chi connectivity index (χ0v) is 21.8. The summed E-state index contributed by atoms with van der Waals surface area (Å²) in [6.07, 6.45) is -4.07. The fourth-order valence-corrected chi connectivity index (χ4v) is 4.24. The summed E-state index contributed by atoms with van der Waals surface area (Å²) in [5.41, 5.74) is 13.1. The highest BCUT2D eigenvalue weighted by Crippen LogP contribution is 2.33. The first-order valence-corrected chi connectivity index (χ1v) is 12.6. The fourth-order valence-electron chi connectivity index (χ4n) is 4.24. The molecule has 0 bridgehead atoms. The number of aliphatic hydroxyl groups excluding tert-OH is 1. The number of carbonyl (C=O) groups excluding carboxylic acids is 1. The summed E-state index contributed by atoms with van der Waals surface area (Å²) >= 11 is 0. The zero-order valence-electron chi connectivity index (χ0n) is 21.8. The molecule has 3 aromatic rings. The van der Waals surface area contributed by atoms with Crippen molar-refractivity contribution in [3.8, 4) is 5.75 Å². The average molecular weight is 569 g/mol. The normalized spacial score (nSPS) is 16.3. The van der Waals surface area contributed by atoms with E-state index in [-0.39, 0.29) is 37.6 Å². The number of hydrogen-bond acceptors (Lipinski definition) is 7. The molecule has 10 nitrogen and oxygen atoms in total. The molecule has 0 fully saturated rings. The van der Waals surface area contributed by atoms with Gasteiger partial charge in [0, 0.05) is 42.2 Å². The predicted molar refractivity (Wildman–Crippen MR) is 144 cm³/mol. The second-order valence-corrected chi connectivity index (χ2v) is 9.14. The van der Waals surface area contributed by atoms with E-state index in [1.54, 1.807) is 48.5 Å². The fraction of sp³-hybridized carbons (Fsp3) is 0.286. The summed E-state index contributed by atoms with van der Waals surface area (Å²) in [6, 6.07) is 18.6. The van der Waals surface area contributed by atoms with E-state index in [2.05, 4.69) is 25.9 Å². The van der Waals surface area contributed by atoms with Gasteiger partial charge in [0.2, 0.25) is 5.90 Å². The topological polar surface area (TPSA) is 141 Å². The molecule has 1 heterocycles. The van der Waals surface area contributed by atoms with E-state index < -0.39 is 23.2 Å². The van der Waals surface area contributed by atoms with E-state index in [9.17, 15) is 18.0 Å². The molecule has 13 heteroatoms. The number of hydrogen-bond donors (Lipinski definition) is 3. The molecular weight excluding hydrogens is 541 g/mol. The van der Waals surface area contributed by atoms with Crippen molar-refractivity contribution < 1.29 is 32.5 Å². The molecule has 0 saturated carbocycles. The number of alkyl halides is 3. The highest BCUT2D eigenvalue weighted by atomic mass is 19.4. The molecule has 4 rings (SSSR count). The van der Waals surface area contributed by atoms with Gasteiger partial charge in [0.1, 0.15) is 12.4 Å². The summed E-state index contributed by atoms with van der Waals surface area (Å²) < 4.78 is 51.6. The summed E-state index contributed by atoms with van der Waals surface area (Å²) in [7, 11) is 0. The summed E-state index contributed by atoms with van der Waals surface area (Å²) in [5, 5.41) is 12.6. The first-order valence-electron chi connectivity index (χ1n) is 12.6. The number of ether oxygens (including phenoxy) is 2. The SMILES string of the molecule is [N-]=[N+]=Nc1ccccc1C[C@@]1(C(=O)NNCc2ccccc2C(F)(F)F)COC(c2ccc(OCCCO)cc2)=N1. The van der Waals surface area contributed by atoms with Crippen LogP contribution in [0, 0.1) is 0 Å². The number of benzene rings is 3. The molecule has 0 spiro atoms. The first-order chi connectivity index (χ1) is 19.8. The standard InChI is InChI=1S/C28H27F3N6O4/c29-28(30,31)23-8-3-1-7-21(23)17-33-36-26(39)27(16-20-6-2-4-9-24(20)35-37-32)18-41-25(34-27)19-10-12-22(13-11-19)40-15-5-14-38/h1-4,6-13,33,38H,5,14-18H2,(H,36,39)/t27-/m0/s1. The van der Waals surface area contributed by atoms with Gasteiger partial charge in [-0.05, 0) is 47.0 Å². The van der Waals surface area contributed by atoms with Gasteiger partial charge >= 0.3 is 6.18 Å². The highest BCUT2D eigenvalue weighted by molar-refractivity contribution is 6.00. The lowest BCUT2D eigenvalue weighted by Crippen LogP contribution is -2.52. The molecule has 3 N–H and O–H groups in total. The quantitative estimate of drug-likeness (QED) is 0.0929. The molecule has 41 heavy (non-hydrogen) atoms. The zero-order chi connectivity index (χ0) is 29.3. The van der Waals surface area contributed by atoms with Crippen LogP contribution in [-0.4, -0.2) is 42.3 Å². The Hall–Kier alpha value is -4.58. The number of hydrazine groups is 1. The largest absolute Gasteiger partial charge is 0.494 e. The molecule has 0 aromatic heterocycles. The van der Waals surface area contributed by atoms with Gasteiger partial charge in [0.05, 0.1) is 12.2 Å². The third-order valence-corrected chi connectivity index (χ3v) is 6.29. The molecular formula is C28H27F3N6O4. The number of aliphatic hydroxyl groups is 1. The third kappa shape index (κ3) is 7.34. The number of nitrogens with zero attached hydrogens (tertiary/aromatic N) is 4. The van der Waals surface area contributed by atoms with Crippen molar-refractivity contribution in [2.45, 2.75) is 31.1 Å². The molecule has 1 aliphatic rings. The van der Waals surface area contributed by atoms with Gasteiger partial charge < -0.3 is 14.6 Å². The monoisotopic (exact) mass is 568 g/mol. The van der Waals surface area contributed by atoms with Crippen LogP contribution in [-0.2, 0) is 28.7 Å². The van der Waals surface area contributed by atoms with Gasteiger partial charge in [-0.15, -0.1) is 0 Å². The summed E-state index contributed by atoms with van der Waals surface area (Å²) in [6.45, 7) is -0.0999. The molecule has 0 aliphatic carbocycles. The van der Waals surface area contributed by atoms with Crippen LogP contribution in [0.5, 0.6) is 5.75 Å².